The Balaban J connectivity index is 2.44. The Morgan fingerprint density at radius 3 is 2.04 bits per heavy atom. The molecule has 0 amide bonds. The van der Waals surface area contributed by atoms with Gasteiger partial charge in [0.25, 0.3) is 5.16 Å². The lowest BCUT2D eigenvalue weighted by atomic mass is 10.2. The van der Waals surface area contributed by atoms with Gasteiger partial charge in [0.1, 0.15) is 6.33 Å². The number of nitrogens with zero attached hydrogens (tertiary/aromatic N) is 4. The molecule has 1 heterocycles. The molecule has 0 unspecified atom stereocenters. The minimum atomic E-state index is -4.61. The molecule has 2 rings (SSSR count). The molecule has 0 aliphatic heterocycles. The zero-order valence-corrected chi connectivity index (χ0v) is 13.9. The topological polar surface area (TPSA) is 102 Å². The molecule has 24 heavy (non-hydrogen) atoms. The van der Waals surface area contributed by atoms with Gasteiger partial charge in [-0.05, 0) is 24.3 Å². The van der Waals surface area contributed by atoms with Crippen LogP contribution in [-0.4, -0.2) is 49.4 Å². The fraction of sp³-hybridized carbons (Fsp3) is 0.273. The van der Waals surface area contributed by atoms with Crippen LogP contribution >= 0.6 is 0 Å². The number of alkyl halides is 3. The molecule has 8 nitrogen and oxygen atoms in total. The van der Waals surface area contributed by atoms with E-state index < -0.39 is 41.8 Å². The summed E-state index contributed by atoms with van der Waals surface area (Å²) in [5.74, 6) is 0. The highest BCUT2D eigenvalue weighted by Gasteiger charge is 2.32. The van der Waals surface area contributed by atoms with E-state index in [1.54, 1.807) is 0 Å². The van der Waals surface area contributed by atoms with Crippen molar-refractivity contribution in [3.63, 3.8) is 0 Å². The first kappa shape index (κ1) is 18.4. The Morgan fingerprint density at radius 1 is 1.04 bits per heavy atom. The monoisotopic (exact) mass is 384 g/mol. The van der Waals surface area contributed by atoms with Crippen LogP contribution in [0.5, 0.6) is 0 Å². The fourth-order valence-electron chi connectivity index (χ4n) is 1.56. The van der Waals surface area contributed by atoms with Gasteiger partial charge >= 0.3 is 16.4 Å². The summed E-state index contributed by atoms with van der Waals surface area (Å²) in [7, 11) is -6.00. The molecular weight excluding hydrogens is 373 g/mol. The van der Waals surface area contributed by atoms with E-state index >= 15 is 0 Å². The Kier molecular flexibility index (Phi) is 4.45. The van der Waals surface area contributed by atoms with Gasteiger partial charge in [-0.25, -0.2) is 13.4 Å². The maximum Gasteiger partial charge on any atom is 0.416 e. The predicted molar refractivity (Wildman–Crippen MR) is 74.9 cm³/mol. The highest BCUT2D eigenvalue weighted by molar-refractivity contribution is 7.91. The first-order chi connectivity index (χ1) is 10.9. The highest BCUT2D eigenvalue weighted by Crippen LogP contribution is 2.30. The first-order valence-corrected chi connectivity index (χ1v) is 9.02. The molecule has 1 aromatic carbocycles. The van der Waals surface area contributed by atoms with Crippen LogP contribution in [0, 0.1) is 0 Å². The van der Waals surface area contributed by atoms with Gasteiger partial charge in [-0.3, -0.25) is 0 Å². The molecule has 0 radical (unpaired) electrons. The quantitative estimate of drug-likeness (QED) is 0.772. The number of hydrogen-bond acceptors (Lipinski definition) is 6. The number of halogens is 3. The van der Waals surface area contributed by atoms with Crippen molar-refractivity contribution in [2.75, 3.05) is 14.1 Å². The van der Waals surface area contributed by atoms with Gasteiger partial charge in [0, 0.05) is 14.1 Å². The van der Waals surface area contributed by atoms with Crippen LogP contribution in [-0.2, 0) is 26.2 Å². The third kappa shape index (κ3) is 3.27. The molecule has 0 spiro atoms. The van der Waals surface area contributed by atoms with Crippen molar-refractivity contribution in [1.29, 1.82) is 0 Å². The van der Waals surface area contributed by atoms with E-state index in [2.05, 4.69) is 10.1 Å². The van der Waals surface area contributed by atoms with Crippen molar-refractivity contribution in [3.05, 3.63) is 36.2 Å². The van der Waals surface area contributed by atoms with E-state index in [4.69, 9.17) is 0 Å². The lowest BCUT2D eigenvalue weighted by molar-refractivity contribution is -0.137. The van der Waals surface area contributed by atoms with Gasteiger partial charge in [0.2, 0.25) is 9.84 Å². The van der Waals surface area contributed by atoms with Crippen LogP contribution in [0.1, 0.15) is 5.56 Å². The smallest absolute Gasteiger partial charge is 0.215 e. The molecule has 132 valence electrons. The molecule has 0 atom stereocenters. The maximum atomic E-state index is 12.5. The predicted octanol–water partition coefficient (Wildman–Crippen LogP) is 0.784. The molecule has 0 N–H and O–H groups in total. The van der Waals surface area contributed by atoms with Crippen molar-refractivity contribution in [1.82, 2.24) is 18.5 Å². The van der Waals surface area contributed by atoms with E-state index in [-0.39, 0.29) is 0 Å². The van der Waals surface area contributed by atoms with Crippen molar-refractivity contribution in [3.8, 4) is 0 Å². The molecule has 0 saturated heterocycles. The normalized spacial score (nSPS) is 13.4. The minimum absolute atomic E-state index is 0.351. The Bertz CT molecular complexity index is 948. The Morgan fingerprint density at radius 2 is 1.58 bits per heavy atom. The van der Waals surface area contributed by atoms with Gasteiger partial charge in [0.05, 0.1) is 10.5 Å². The largest absolute Gasteiger partial charge is 0.416 e. The van der Waals surface area contributed by atoms with Crippen LogP contribution in [0.15, 0.2) is 40.6 Å². The van der Waals surface area contributed by atoms with E-state index in [9.17, 15) is 30.0 Å². The lowest BCUT2D eigenvalue weighted by Crippen LogP contribution is -2.29. The average Bonchev–Trinajstić information content (AvgIpc) is 2.97. The SMILES string of the molecule is CN(C)S(=O)(=O)n1cnc(S(=O)(=O)c2ccc(C(F)(F)F)cc2)n1. The molecule has 0 fully saturated rings. The van der Waals surface area contributed by atoms with Crippen molar-refractivity contribution in [2.45, 2.75) is 16.2 Å². The van der Waals surface area contributed by atoms with E-state index in [1.807, 2.05) is 0 Å². The van der Waals surface area contributed by atoms with Crippen molar-refractivity contribution in [2.24, 2.45) is 0 Å². The molecule has 0 aliphatic rings. The van der Waals surface area contributed by atoms with Crippen LogP contribution < -0.4 is 0 Å². The van der Waals surface area contributed by atoms with Crippen LogP contribution in [0.25, 0.3) is 0 Å². The van der Waals surface area contributed by atoms with Crippen LogP contribution in [0.4, 0.5) is 13.2 Å². The lowest BCUT2D eigenvalue weighted by Gasteiger charge is -2.09. The molecule has 2 aromatic rings. The first-order valence-electron chi connectivity index (χ1n) is 6.14. The molecule has 0 saturated carbocycles. The molecule has 0 bridgehead atoms. The number of aromatic nitrogens is 3. The summed E-state index contributed by atoms with van der Waals surface area (Å²) in [5.41, 5.74) is -1.02. The fourth-order valence-corrected chi connectivity index (χ4v) is 3.38. The van der Waals surface area contributed by atoms with Gasteiger partial charge < -0.3 is 0 Å². The molecular formula is C11H11F3N4O4S2. The van der Waals surface area contributed by atoms with E-state index in [1.165, 1.54) is 14.1 Å². The number of sulfone groups is 1. The zero-order chi connectivity index (χ0) is 18.3. The third-order valence-corrected chi connectivity index (χ3v) is 6.01. The molecule has 13 heteroatoms. The summed E-state index contributed by atoms with van der Waals surface area (Å²) in [6, 6.07) is 2.69. The summed E-state index contributed by atoms with van der Waals surface area (Å²) < 4.78 is 86.9. The Hall–Kier alpha value is -1.99. The number of benzene rings is 1. The van der Waals surface area contributed by atoms with Crippen molar-refractivity contribution < 1.29 is 30.0 Å². The average molecular weight is 384 g/mol. The Labute approximate surface area is 135 Å². The molecule has 1 aromatic heterocycles. The summed E-state index contributed by atoms with van der Waals surface area (Å²) in [6.45, 7) is 0. The van der Waals surface area contributed by atoms with Crippen LogP contribution in [0.3, 0.4) is 0 Å². The molecule has 0 aliphatic carbocycles. The minimum Gasteiger partial charge on any atom is -0.215 e. The van der Waals surface area contributed by atoms with Gasteiger partial charge in [-0.1, -0.05) is 0 Å². The second kappa shape index (κ2) is 5.82. The second-order valence-electron chi connectivity index (χ2n) is 4.72. The highest BCUT2D eigenvalue weighted by atomic mass is 32.2. The summed E-state index contributed by atoms with van der Waals surface area (Å²) in [4.78, 5) is 2.93. The maximum absolute atomic E-state index is 12.5. The zero-order valence-electron chi connectivity index (χ0n) is 12.3. The number of hydrogen-bond donors (Lipinski definition) is 0. The second-order valence-corrected chi connectivity index (χ2v) is 8.56. The van der Waals surface area contributed by atoms with E-state index in [0.717, 1.165) is 16.4 Å². The van der Waals surface area contributed by atoms with Gasteiger partial charge in [-0.2, -0.15) is 25.9 Å². The van der Waals surface area contributed by atoms with E-state index in [0.29, 0.717) is 22.5 Å². The summed E-state index contributed by atoms with van der Waals surface area (Å²) in [6.07, 6.45) is -3.92. The third-order valence-electron chi connectivity index (χ3n) is 2.88. The summed E-state index contributed by atoms with van der Waals surface area (Å²) in [5, 5.41) is 2.55. The van der Waals surface area contributed by atoms with Crippen molar-refractivity contribution >= 4 is 20.0 Å². The van der Waals surface area contributed by atoms with Crippen LogP contribution in [0.2, 0.25) is 0 Å². The van der Waals surface area contributed by atoms with Gasteiger partial charge in [0.15, 0.2) is 0 Å². The standard InChI is InChI=1S/C11H11F3N4O4S2/c1-17(2)24(21,22)18-7-15-10(16-18)23(19,20)9-5-3-8(4-6-9)11(12,13)14/h3-7H,1-2H3. The summed E-state index contributed by atoms with van der Waals surface area (Å²) >= 11 is 0. The number of rotatable bonds is 4. The van der Waals surface area contributed by atoms with Gasteiger partial charge in [-0.15, -0.1) is 9.19 Å².